The molecule has 5 heteroatoms. The Morgan fingerprint density at radius 1 is 1.08 bits per heavy atom. The second-order valence-corrected chi connectivity index (χ2v) is 5.45. The van der Waals surface area contributed by atoms with Gasteiger partial charge in [0.05, 0.1) is 13.0 Å². The zero-order chi connectivity index (χ0) is 16.5. The first-order chi connectivity index (χ1) is 11.2. The van der Waals surface area contributed by atoms with E-state index >= 15 is 0 Å². The van der Waals surface area contributed by atoms with Crippen molar-refractivity contribution in [3.8, 4) is 16.9 Å². The summed E-state index contributed by atoms with van der Waals surface area (Å²) in [4.78, 5) is 11.8. The summed E-state index contributed by atoms with van der Waals surface area (Å²) in [7, 11) is 1.88. The van der Waals surface area contributed by atoms with E-state index in [1.165, 1.54) is 0 Å². The molecule has 0 spiro atoms. The summed E-state index contributed by atoms with van der Waals surface area (Å²) in [6, 6.07) is 18.2. The lowest BCUT2D eigenvalue weighted by molar-refractivity contribution is -0.121. The van der Waals surface area contributed by atoms with E-state index in [1.807, 2.05) is 68.6 Å². The summed E-state index contributed by atoms with van der Waals surface area (Å²) in [5.41, 5.74) is 2.15. The van der Waals surface area contributed by atoms with Crippen LogP contribution in [0.2, 0.25) is 0 Å². The normalized spacial score (nSPS) is 11.2. The average molecular weight is 349 g/mol. The van der Waals surface area contributed by atoms with E-state index in [2.05, 4.69) is 10.6 Å². The van der Waals surface area contributed by atoms with Crippen LogP contribution in [0, 0.1) is 0 Å². The van der Waals surface area contributed by atoms with E-state index in [4.69, 9.17) is 4.74 Å². The highest BCUT2D eigenvalue weighted by molar-refractivity contribution is 5.85. The Bertz CT molecular complexity index is 620. The van der Waals surface area contributed by atoms with Crippen molar-refractivity contribution in [1.82, 2.24) is 10.6 Å². The average Bonchev–Trinajstić information content (AvgIpc) is 2.61. The monoisotopic (exact) mass is 348 g/mol. The lowest BCUT2D eigenvalue weighted by Crippen LogP contribution is -2.37. The van der Waals surface area contributed by atoms with Gasteiger partial charge < -0.3 is 15.4 Å². The van der Waals surface area contributed by atoms with Crippen molar-refractivity contribution in [3.63, 3.8) is 0 Å². The molecule has 1 unspecified atom stereocenters. The molecule has 2 N–H and O–H groups in total. The number of benzene rings is 2. The van der Waals surface area contributed by atoms with Crippen molar-refractivity contribution in [2.75, 3.05) is 20.2 Å². The Kier molecular flexibility index (Phi) is 8.90. The summed E-state index contributed by atoms with van der Waals surface area (Å²) in [6.07, 6.45) is 0.347. The highest BCUT2D eigenvalue weighted by Crippen LogP contribution is 2.29. The smallest absolute Gasteiger partial charge is 0.223 e. The van der Waals surface area contributed by atoms with Gasteiger partial charge in [-0.1, -0.05) is 48.5 Å². The van der Waals surface area contributed by atoms with Crippen LogP contribution in [0.25, 0.3) is 11.1 Å². The Morgan fingerprint density at radius 3 is 2.46 bits per heavy atom. The first-order valence-corrected chi connectivity index (χ1v) is 7.92. The van der Waals surface area contributed by atoms with Gasteiger partial charge in [0.15, 0.2) is 0 Å². The number of likely N-dealkylation sites (N-methyl/N-ethyl adjacent to an activating group) is 1. The maximum atomic E-state index is 11.8. The van der Waals surface area contributed by atoms with Crippen LogP contribution in [0.5, 0.6) is 5.75 Å². The molecule has 0 aliphatic heterocycles. The van der Waals surface area contributed by atoms with E-state index in [0.29, 0.717) is 19.6 Å². The largest absolute Gasteiger partial charge is 0.492 e. The molecule has 0 aliphatic rings. The number of carbonyl (C=O) groups excluding carboxylic acids is 1. The number of carbonyl (C=O) groups is 1. The topological polar surface area (TPSA) is 50.4 Å². The van der Waals surface area contributed by atoms with Gasteiger partial charge in [0.2, 0.25) is 5.91 Å². The number of halogens is 1. The van der Waals surface area contributed by atoms with Crippen LogP contribution in [-0.2, 0) is 4.79 Å². The van der Waals surface area contributed by atoms with Crippen molar-refractivity contribution in [3.05, 3.63) is 54.6 Å². The second-order valence-electron chi connectivity index (χ2n) is 5.45. The van der Waals surface area contributed by atoms with Crippen LogP contribution in [0.4, 0.5) is 0 Å². The molecule has 1 atom stereocenters. The maximum absolute atomic E-state index is 11.8. The molecule has 0 aliphatic carbocycles. The summed E-state index contributed by atoms with van der Waals surface area (Å²) >= 11 is 0. The van der Waals surface area contributed by atoms with Gasteiger partial charge in [-0.2, -0.15) is 0 Å². The fourth-order valence-corrected chi connectivity index (χ4v) is 2.16. The standard InChI is InChI=1S/C19H24N2O2.ClH/c1-15(20-2)14-21-19(22)12-13-23-18-11-7-6-10-17(18)16-8-4-3-5-9-16;/h3-11,15,20H,12-14H2,1-2H3,(H,21,22);1H. The third kappa shape index (κ3) is 6.22. The maximum Gasteiger partial charge on any atom is 0.223 e. The molecule has 1 amide bonds. The second kappa shape index (κ2) is 10.7. The fraction of sp³-hybridized carbons (Fsp3) is 0.316. The Balaban J connectivity index is 0.00000288. The Hall–Kier alpha value is -2.04. The minimum atomic E-state index is 0. The van der Waals surface area contributed by atoms with Crippen LogP contribution >= 0.6 is 12.4 Å². The van der Waals surface area contributed by atoms with Gasteiger partial charge in [-0.05, 0) is 25.6 Å². The molecule has 0 heterocycles. The lowest BCUT2D eigenvalue weighted by Gasteiger charge is -2.13. The number of hydrogen-bond acceptors (Lipinski definition) is 3. The first-order valence-electron chi connectivity index (χ1n) is 7.92. The predicted molar refractivity (Wildman–Crippen MR) is 101 cm³/mol. The Labute approximate surface area is 150 Å². The molecule has 0 radical (unpaired) electrons. The number of para-hydroxylation sites is 1. The molecule has 0 bridgehead atoms. The number of nitrogens with one attached hydrogen (secondary N) is 2. The van der Waals surface area contributed by atoms with Crippen molar-refractivity contribution in [2.45, 2.75) is 19.4 Å². The van der Waals surface area contributed by atoms with E-state index in [-0.39, 0.29) is 24.4 Å². The Morgan fingerprint density at radius 2 is 1.75 bits per heavy atom. The minimum absolute atomic E-state index is 0. The highest BCUT2D eigenvalue weighted by Gasteiger charge is 2.07. The van der Waals surface area contributed by atoms with Gasteiger partial charge in [0, 0.05) is 18.2 Å². The molecule has 0 saturated heterocycles. The third-order valence-electron chi connectivity index (χ3n) is 3.66. The van der Waals surface area contributed by atoms with E-state index in [9.17, 15) is 4.79 Å². The van der Waals surface area contributed by atoms with Crippen LogP contribution < -0.4 is 15.4 Å². The van der Waals surface area contributed by atoms with E-state index in [0.717, 1.165) is 16.9 Å². The minimum Gasteiger partial charge on any atom is -0.492 e. The molecule has 130 valence electrons. The van der Waals surface area contributed by atoms with Crippen LogP contribution in [-0.4, -0.2) is 32.1 Å². The van der Waals surface area contributed by atoms with Gasteiger partial charge in [-0.3, -0.25) is 4.79 Å². The molecule has 0 aromatic heterocycles. The molecule has 2 aromatic rings. The number of hydrogen-bond donors (Lipinski definition) is 2. The van der Waals surface area contributed by atoms with Crippen molar-refractivity contribution < 1.29 is 9.53 Å². The highest BCUT2D eigenvalue weighted by atomic mass is 35.5. The molecule has 0 saturated carbocycles. The van der Waals surface area contributed by atoms with E-state index < -0.39 is 0 Å². The molecular formula is C19H25ClN2O2. The van der Waals surface area contributed by atoms with Crippen LogP contribution in [0.15, 0.2) is 54.6 Å². The van der Waals surface area contributed by atoms with Crippen LogP contribution in [0.3, 0.4) is 0 Å². The lowest BCUT2D eigenvalue weighted by atomic mass is 10.1. The quantitative estimate of drug-likeness (QED) is 0.769. The molecular weight excluding hydrogens is 324 g/mol. The molecule has 2 rings (SSSR count). The number of rotatable bonds is 8. The van der Waals surface area contributed by atoms with Crippen molar-refractivity contribution in [1.29, 1.82) is 0 Å². The fourth-order valence-electron chi connectivity index (χ4n) is 2.16. The van der Waals surface area contributed by atoms with Gasteiger partial charge in [0.1, 0.15) is 5.75 Å². The van der Waals surface area contributed by atoms with Gasteiger partial charge in [-0.25, -0.2) is 0 Å². The first kappa shape index (κ1) is 20.0. The SMILES string of the molecule is CNC(C)CNC(=O)CCOc1ccccc1-c1ccccc1.Cl. The van der Waals surface area contributed by atoms with Gasteiger partial charge in [0.25, 0.3) is 0 Å². The van der Waals surface area contributed by atoms with E-state index in [1.54, 1.807) is 0 Å². The molecule has 24 heavy (non-hydrogen) atoms. The van der Waals surface area contributed by atoms with Gasteiger partial charge >= 0.3 is 0 Å². The summed E-state index contributed by atoms with van der Waals surface area (Å²) in [5, 5.41) is 5.97. The van der Waals surface area contributed by atoms with Crippen LogP contribution in [0.1, 0.15) is 13.3 Å². The third-order valence-corrected chi connectivity index (χ3v) is 3.66. The molecule has 0 fully saturated rings. The number of ether oxygens (including phenoxy) is 1. The summed E-state index contributed by atoms with van der Waals surface area (Å²) in [5.74, 6) is 0.805. The number of amides is 1. The zero-order valence-corrected chi connectivity index (χ0v) is 14.9. The van der Waals surface area contributed by atoms with Gasteiger partial charge in [-0.15, -0.1) is 12.4 Å². The molecule has 4 nitrogen and oxygen atoms in total. The zero-order valence-electron chi connectivity index (χ0n) is 14.1. The summed E-state index contributed by atoms with van der Waals surface area (Å²) < 4.78 is 5.82. The summed E-state index contributed by atoms with van der Waals surface area (Å²) in [6.45, 7) is 3.01. The predicted octanol–water partition coefficient (Wildman–Crippen LogP) is 3.27. The van der Waals surface area contributed by atoms with Crippen molar-refractivity contribution in [2.24, 2.45) is 0 Å². The molecule has 2 aromatic carbocycles. The van der Waals surface area contributed by atoms with Crippen molar-refractivity contribution >= 4 is 18.3 Å².